The van der Waals surface area contributed by atoms with E-state index in [4.69, 9.17) is 5.73 Å². The summed E-state index contributed by atoms with van der Waals surface area (Å²) >= 11 is 0. The summed E-state index contributed by atoms with van der Waals surface area (Å²) in [6.45, 7) is 1.71. The fourth-order valence-electron chi connectivity index (χ4n) is 1.71. The standard InChI is InChI=1S/C13H17F3N2O/c1-2-5-11(17)12(19)18-8-9-6-3-4-7-10(9)13(14,15)16/h3-4,6-7,11H,2,5,8,17H2,1H3,(H,18,19)/t11-/m1/s1. The van der Waals surface area contributed by atoms with Gasteiger partial charge in [-0.1, -0.05) is 31.5 Å². The zero-order valence-electron chi connectivity index (χ0n) is 10.6. The minimum atomic E-state index is -4.42. The van der Waals surface area contributed by atoms with Crippen molar-refractivity contribution in [1.29, 1.82) is 0 Å². The topological polar surface area (TPSA) is 55.1 Å². The van der Waals surface area contributed by atoms with Crippen molar-refractivity contribution in [1.82, 2.24) is 5.32 Å². The van der Waals surface area contributed by atoms with Crippen LogP contribution in [0.3, 0.4) is 0 Å². The van der Waals surface area contributed by atoms with E-state index in [-0.39, 0.29) is 12.1 Å². The molecule has 0 saturated heterocycles. The van der Waals surface area contributed by atoms with Gasteiger partial charge in [0, 0.05) is 6.54 Å². The zero-order chi connectivity index (χ0) is 14.5. The summed E-state index contributed by atoms with van der Waals surface area (Å²) in [5, 5.41) is 2.43. The number of hydrogen-bond acceptors (Lipinski definition) is 2. The Labute approximate surface area is 110 Å². The van der Waals surface area contributed by atoms with Gasteiger partial charge < -0.3 is 11.1 Å². The maximum atomic E-state index is 12.7. The lowest BCUT2D eigenvalue weighted by Crippen LogP contribution is -2.40. The first-order valence-electron chi connectivity index (χ1n) is 6.04. The number of nitrogens with one attached hydrogen (secondary N) is 1. The van der Waals surface area contributed by atoms with E-state index in [0.29, 0.717) is 6.42 Å². The quantitative estimate of drug-likeness (QED) is 0.866. The number of rotatable bonds is 5. The number of carbonyl (C=O) groups excluding carboxylic acids is 1. The number of alkyl halides is 3. The summed E-state index contributed by atoms with van der Waals surface area (Å²) < 4.78 is 38.1. The van der Waals surface area contributed by atoms with Gasteiger partial charge in [0.2, 0.25) is 5.91 Å². The van der Waals surface area contributed by atoms with Gasteiger partial charge in [-0.05, 0) is 18.1 Å². The molecule has 3 nitrogen and oxygen atoms in total. The Bertz CT molecular complexity index is 432. The van der Waals surface area contributed by atoms with Crippen LogP contribution in [-0.4, -0.2) is 11.9 Å². The Morgan fingerprint density at radius 2 is 2.00 bits per heavy atom. The van der Waals surface area contributed by atoms with Crippen molar-refractivity contribution < 1.29 is 18.0 Å². The fourth-order valence-corrected chi connectivity index (χ4v) is 1.71. The maximum Gasteiger partial charge on any atom is 0.416 e. The molecule has 1 rings (SSSR count). The average molecular weight is 274 g/mol. The normalized spacial score (nSPS) is 13.1. The molecule has 19 heavy (non-hydrogen) atoms. The predicted molar refractivity (Wildman–Crippen MR) is 66.2 cm³/mol. The van der Waals surface area contributed by atoms with E-state index in [2.05, 4.69) is 5.32 Å². The molecule has 1 aromatic rings. The van der Waals surface area contributed by atoms with Crippen molar-refractivity contribution in [2.24, 2.45) is 5.73 Å². The van der Waals surface area contributed by atoms with E-state index in [1.165, 1.54) is 18.2 Å². The predicted octanol–water partition coefficient (Wildman–Crippen LogP) is 2.45. The highest BCUT2D eigenvalue weighted by Crippen LogP contribution is 2.31. The Morgan fingerprint density at radius 3 is 2.58 bits per heavy atom. The van der Waals surface area contributed by atoms with Crippen LogP contribution in [-0.2, 0) is 17.5 Å². The van der Waals surface area contributed by atoms with Crippen LogP contribution in [0.2, 0.25) is 0 Å². The third kappa shape index (κ3) is 4.55. The monoisotopic (exact) mass is 274 g/mol. The molecule has 0 saturated carbocycles. The van der Waals surface area contributed by atoms with Crippen molar-refractivity contribution in [3.05, 3.63) is 35.4 Å². The minimum absolute atomic E-state index is 0.0343. The molecule has 0 heterocycles. The molecule has 1 aromatic carbocycles. The van der Waals surface area contributed by atoms with Gasteiger partial charge >= 0.3 is 6.18 Å². The van der Waals surface area contributed by atoms with Crippen molar-refractivity contribution in [3.8, 4) is 0 Å². The van der Waals surface area contributed by atoms with E-state index in [0.717, 1.165) is 12.5 Å². The minimum Gasteiger partial charge on any atom is -0.351 e. The van der Waals surface area contributed by atoms with E-state index >= 15 is 0 Å². The fraction of sp³-hybridized carbons (Fsp3) is 0.462. The first-order chi connectivity index (χ1) is 8.86. The SMILES string of the molecule is CCC[C@@H](N)C(=O)NCc1ccccc1C(F)(F)F. The van der Waals surface area contributed by atoms with Crippen molar-refractivity contribution in [2.45, 2.75) is 38.5 Å². The van der Waals surface area contributed by atoms with Crippen LogP contribution in [0.4, 0.5) is 13.2 Å². The molecule has 0 aliphatic rings. The lowest BCUT2D eigenvalue weighted by molar-refractivity contribution is -0.138. The molecule has 0 spiro atoms. The first kappa shape index (κ1) is 15.5. The summed E-state index contributed by atoms with van der Waals surface area (Å²) in [4.78, 5) is 11.5. The van der Waals surface area contributed by atoms with Crippen LogP contribution < -0.4 is 11.1 Å². The van der Waals surface area contributed by atoms with Gasteiger partial charge in [0.25, 0.3) is 0 Å². The maximum absolute atomic E-state index is 12.7. The third-order valence-electron chi connectivity index (χ3n) is 2.71. The summed E-state index contributed by atoms with van der Waals surface area (Å²) in [5.41, 5.74) is 4.88. The van der Waals surface area contributed by atoms with Crippen LogP contribution in [0, 0.1) is 0 Å². The van der Waals surface area contributed by atoms with Crippen molar-refractivity contribution in [3.63, 3.8) is 0 Å². The van der Waals surface area contributed by atoms with Crippen molar-refractivity contribution >= 4 is 5.91 Å². The summed E-state index contributed by atoms with van der Waals surface area (Å²) in [5.74, 6) is -0.432. The molecule has 0 radical (unpaired) electrons. The van der Waals surface area contributed by atoms with Gasteiger partial charge in [0.15, 0.2) is 0 Å². The van der Waals surface area contributed by atoms with Crippen LogP contribution in [0.25, 0.3) is 0 Å². The van der Waals surface area contributed by atoms with Crippen LogP contribution in [0.1, 0.15) is 30.9 Å². The average Bonchev–Trinajstić information content (AvgIpc) is 2.35. The molecular weight excluding hydrogens is 257 g/mol. The smallest absolute Gasteiger partial charge is 0.351 e. The molecule has 106 valence electrons. The van der Waals surface area contributed by atoms with Gasteiger partial charge in [-0.15, -0.1) is 0 Å². The van der Waals surface area contributed by atoms with Crippen molar-refractivity contribution in [2.75, 3.05) is 0 Å². The highest BCUT2D eigenvalue weighted by Gasteiger charge is 2.32. The number of halogens is 3. The lowest BCUT2D eigenvalue weighted by Gasteiger charge is -2.15. The molecule has 3 N–H and O–H groups in total. The summed E-state index contributed by atoms with van der Waals surface area (Å²) in [6.07, 6.45) is -3.17. The van der Waals surface area contributed by atoms with Gasteiger partial charge in [0.1, 0.15) is 0 Å². The Kier molecular flexibility index (Phi) is 5.35. The van der Waals surface area contributed by atoms with E-state index in [1.807, 2.05) is 6.92 Å². The molecular formula is C13H17F3N2O. The molecule has 0 aromatic heterocycles. The second-order valence-electron chi connectivity index (χ2n) is 4.27. The van der Waals surface area contributed by atoms with Crippen LogP contribution in [0.5, 0.6) is 0 Å². The van der Waals surface area contributed by atoms with E-state index < -0.39 is 23.7 Å². The van der Waals surface area contributed by atoms with Crippen LogP contribution in [0.15, 0.2) is 24.3 Å². The Hall–Kier alpha value is -1.56. The Morgan fingerprint density at radius 1 is 1.37 bits per heavy atom. The molecule has 6 heteroatoms. The van der Waals surface area contributed by atoms with E-state index in [1.54, 1.807) is 0 Å². The molecule has 0 bridgehead atoms. The number of hydrogen-bond donors (Lipinski definition) is 2. The van der Waals surface area contributed by atoms with E-state index in [9.17, 15) is 18.0 Å². The van der Waals surface area contributed by atoms with Gasteiger partial charge in [-0.25, -0.2) is 0 Å². The highest BCUT2D eigenvalue weighted by atomic mass is 19.4. The second-order valence-corrected chi connectivity index (χ2v) is 4.27. The molecule has 0 aliphatic carbocycles. The molecule has 0 fully saturated rings. The zero-order valence-corrected chi connectivity index (χ0v) is 10.6. The summed E-state index contributed by atoms with van der Waals surface area (Å²) in [6, 6.07) is 4.48. The first-order valence-corrected chi connectivity index (χ1v) is 6.04. The lowest BCUT2D eigenvalue weighted by atomic mass is 10.1. The number of nitrogens with two attached hydrogens (primary N) is 1. The molecule has 0 aliphatic heterocycles. The molecule has 0 unspecified atom stereocenters. The number of benzene rings is 1. The second kappa shape index (κ2) is 6.56. The van der Waals surface area contributed by atoms with Gasteiger partial charge in [-0.3, -0.25) is 4.79 Å². The number of amides is 1. The highest BCUT2D eigenvalue weighted by molar-refractivity contribution is 5.81. The van der Waals surface area contributed by atoms with Gasteiger partial charge in [0.05, 0.1) is 11.6 Å². The van der Waals surface area contributed by atoms with Gasteiger partial charge in [-0.2, -0.15) is 13.2 Å². The molecule has 1 amide bonds. The largest absolute Gasteiger partial charge is 0.416 e. The number of carbonyl (C=O) groups is 1. The molecule has 1 atom stereocenters. The Balaban J connectivity index is 2.71. The third-order valence-corrected chi connectivity index (χ3v) is 2.71. The van der Waals surface area contributed by atoms with Crippen LogP contribution >= 0.6 is 0 Å². The summed E-state index contributed by atoms with van der Waals surface area (Å²) in [7, 11) is 0.